The standard InChI is InChI=1S/C24H29BClNO4/c1-23(2)24(3,4)31-25(30-23)21(14-18-10-12-19(15-26)13-11-18)16-27-22(28)29-17-20-8-6-5-7-9-20/h5-14H,15-17H2,1-4H3,(H,27,28). The summed E-state index contributed by atoms with van der Waals surface area (Å²) < 4.78 is 17.7. The van der Waals surface area contributed by atoms with Gasteiger partial charge in [-0.3, -0.25) is 0 Å². The molecule has 0 bridgehead atoms. The summed E-state index contributed by atoms with van der Waals surface area (Å²) in [7, 11) is -0.577. The molecule has 1 saturated heterocycles. The van der Waals surface area contributed by atoms with Crippen LogP contribution >= 0.6 is 11.6 Å². The predicted molar refractivity (Wildman–Crippen MR) is 125 cm³/mol. The van der Waals surface area contributed by atoms with Crippen LogP contribution in [0.15, 0.2) is 60.1 Å². The van der Waals surface area contributed by atoms with E-state index in [9.17, 15) is 4.79 Å². The van der Waals surface area contributed by atoms with E-state index in [0.717, 1.165) is 22.2 Å². The second-order valence-electron chi connectivity index (χ2n) is 8.60. The fourth-order valence-electron chi connectivity index (χ4n) is 3.06. The molecule has 3 rings (SSSR count). The Morgan fingerprint density at radius 1 is 1.00 bits per heavy atom. The molecule has 0 aliphatic carbocycles. The summed E-state index contributed by atoms with van der Waals surface area (Å²) in [6.45, 7) is 8.45. The summed E-state index contributed by atoms with van der Waals surface area (Å²) >= 11 is 5.89. The van der Waals surface area contributed by atoms with Crippen LogP contribution in [-0.4, -0.2) is 31.0 Å². The molecule has 1 N–H and O–H groups in total. The van der Waals surface area contributed by atoms with E-state index in [1.165, 1.54) is 0 Å². The van der Waals surface area contributed by atoms with Gasteiger partial charge in [-0.2, -0.15) is 0 Å². The molecule has 1 aliphatic heterocycles. The summed E-state index contributed by atoms with van der Waals surface area (Å²) in [5, 5.41) is 2.82. The first kappa shape index (κ1) is 23.4. The number of alkyl halides is 1. The smallest absolute Gasteiger partial charge is 0.445 e. The zero-order valence-electron chi connectivity index (χ0n) is 18.5. The van der Waals surface area contributed by atoms with Gasteiger partial charge in [-0.05, 0) is 49.9 Å². The lowest BCUT2D eigenvalue weighted by Crippen LogP contribution is -2.41. The Morgan fingerprint density at radius 2 is 1.61 bits per heavy atom. The molecule has 7 heteroatoms. The van der Waals surface area contributed by atoms with Crippen molar-refractivity contribution in [3.8, 4) is 0 Å². The molecule has 5 nitrogen and oxygen atoms in total. The molecule has 0 saturated carbocycles. The number of alkyl carbamates (subject to hydrolysis) is 1. The minimum atomic E-state index is -0.577. The Balaban J connectivity index is 1.71. The number of rotatable bonds is 7. The maximum Gasteiger partial charge on any atom is 0.492 e. The number of ether oxygens (including phenoxy) is 1. The molecule has 31 heavy (non-hydrogen) atoms. The number of carbonyl (C=O) groups excluding carboxylic acids is 1. The average molecular weight is 442 g/mol. The third-order valence-corrected chi connectivity index (χ3v) is 6.00. The summed E-state index contributed by atoms with van der Waals surface area (Å²) in [4.78, 5) is 12.3. The molecule has 0 radical (unpaired) electrons. The van der Waals surface area contributed by atoms with Gasteiger partial charge in [-0.15, -0.1) is 11.6 Å². The highest BCUT2D eigenvalue weighted by Crippen LogP contribution is 2.38. The van der Waals surface area contributed by atoms with Crippen LogP contribution < -0.4 is 5.32 Å². The topological polar surface area (TPSA) is 56.8 Å². The molecule has 2 aromatic rings. The lowest BCUT2D eigenvalue weighted by Gasteiger charge is -2.32. The molecule has 2 aromatic carbocycles. The highest BCUT2D eigenvalue weighted by atomic mass is 35.5. The van der Waals surface area contributed by atoms with Gasteiger partial charge in [0, 0.05) is 12.4 Å². The largest absolute Gasteiger partial charge is 0.492 e. The van der Waals surface area contributed by atoms with E-state index in [4.69, 9.17) is 25.6 Å². The minimum Gasteiger partial charge on any atom is -0.445 e. The van der Waals surface area contributed by atoms with Crippen molar-refractivity contribution in [2.45, 2.75) is 51.4 Å². The summed E-state index contributed by atoms with van der Waals surface area (Å²) in [5.41, 5.74) is 2.78. The van der Waals surface area contributed by atoms with Crippen LogP contribution in [0.1, 0.15) is 44.4 Å². The van der Waals surface area contributed by atoms with Gasteiger partial charge in [-0.25, -0.2) is 4.79 Å². The minimum absolute atomic E-state index is 0.210. The fraction of sp³-hybridized carbons (Fsp3) is 0.375. The molecular weight excluding hydrogens is 413 g/mol. The van der Waals surface area contributed by atoms with Crippen LogP contribution in [0.3, 0.4) is 0 Å². The molecule has 164 valence electrons. The van der Waals surface area contributed by atoms with Gasteiger partial charge in [0.1, 0.15) is 6.61 Å². The van der Waals surface area contributed by atoms with E-state index < -0.39 is 24.4 Å². The van der Waals surface area contributed by atoms with Crippen LogP contribution in [0, 0.1) is 0 Å². The van der Waals surface area contributed by atoms with Crippen molar-refractivity contribution in [3.63, 3.8) is 0 Å². The normalized spacial score (nSPS) is 17.5. The number of benzene rings is 2. The second kappa shape index (κ2) is 9.90. The number of carbonyl (C=O) groups is 1. The molecule has 0 spiro atoms. The first-order valence-corrected chi connectivity index (χ1v) is 10.9. The van der Waals surface area contributed by atoms with Gasteiger partial charge >= 0.3 is 13.2 Å². The van der Waals surface area contributed by atoms with Gasteiger partial charge in [0.15, 0.2) is 0 Å². The van der Waals surface area contributed by atoms with Crippen LogP contribution in [0.4, 0.5) is 4.79 Å². The molecule has 1 amide bonds. The third kappa shape index (κ3) is 6.13. The van der Waals surface area contributed by atoms with E-state index in [0.29, 0.717) is 5.88 Å². The summed E-state index contributed by atoms with van der Waals surface area (Å²) in [5.74, 6) is 0.461. The van der Waals surface area contributed by atoms with Crippen molar-refractivity contribution in [1.82, 2.24) is 5.32 Å². The molecule has 0 atom stereocenters. The average Bonchev–Trinajstić information content (AvgIpc) is 2.97. The van der Waals surface area contributed by atoms with Crippen LogP contribution in [-0.2, 0) is 26.5 Å². The van der Waals surface area contributed by atoms with Crippen LogP contribution in [0.25, 0.3) is 6.08 Å². The molecule has 0 unspecified atom stereocenters. The van der Waals surface area contributed by atoms with E-state index in [1.807, 2.05) is 88.4 Å². The highest BCUT2D eigenvalue weighted by molar-refractivity contribution is 6.56. The Hall–Kier alpha value is -2.28. The number of halogens is 1. The fourth-order valence-corrected chi connectivity index (χ4v) is 3.24. The number of amides is 1. The lowest BCUT2D eigenvalue weighted by atomic mass is 9.77. The maximum atomic E-state index is 12.3. The van der Waals surface area contributed by atoms with Crippen molar-refractivity contribution in [1.29, 1.82) is 0 Å². The number of hydrogen-bond donors (Lipinski definition) is 1. The van der Waals surface area contributed by atoms with Crippen molar-refractivity contribution in [2.75, 3.05) is 6.54 Å². The molecule has 1 heterocycles. The van der Waals surface area contributed by atoms with Crippen molar-refractivity contribution in [2.24, 2.45) is 0 Å². The molecular formula is C24H29BClNO4. The van der Waals surface area contributed by atoms with E-state index in [1.54, 1.807) is 0 Å². The van der Waals surface area contributed by atoms with Crippen molar-refractivity contribution >= 4 is 30.9 Å². The first-order valence-electron chi connectivity index (χ1n) is 10.4. The third-order valence-electron chi connectivity index (χ3n) is 5.69. The van der Waals surface area contributed by atoms with Gasteiger partial charge < -0.3 is 19.4 Å². The van der Waals surface area contributed by atoms with Gasteiger partial charge in [0.25, 0.3) is 0 Å². The Bertz CT molecular complexity index is 897. The van der Waals surface area contributed by atoms with Gasteiger partial charge in [0.2, 0.25) is 0 Å². The maximum absolute atomic E-state index is 12.3. The van der Waals surface area contributed by atoms with Crippen LogP contribution in [0.2, 0.25) is 0 Å². The Labute approximate surface area is 189 Å². The second-order valence-corrected chi connectivity index (χ2v) is 8.87. The summed E-state index contributed by atoms with van der Waals surface area (Å²) in [6.07, 6.45) is 1.47. The zero-order valence-corrected chi connectivity index (χ0v) is 19.2. The lowest BCUT2D eigenvalue weighted by molar-refractivity contribution is 0.00578. The quantitative estimate of drug-likeness (QED) is 0.464. The van der Waals surface area contributed by atoms with Gasteiger partial charge in [-0.1, -0.05) is 60.7 Å². The Morgan fingerprint density at radius 3 is 2.19 bits per heavy atom. The highest BCUT2D eigenvalue weighted by Gasteiger charge is 2.52. The zero-order chi connectivity index (χ0) is 22.5. The Kier molecular flexibility index (Phi) is 7.47. The van der Waals surface area contributed by atoms with Crippen molar-refractivity contribution < 1.29 is 18.8 Å². The molecule has 0 aromatic heterocycles. The van der Waals surface area contributed by atoms with Crippen LogP contribution in [0.5, 0.6) is 0 Å². The van der Waals surface area contributed by atoms with Gasteiger partial charge in [0.05, 0.1) is 11.2 Å². The first-order chi connectivity index (χ1) is 14.7. The summed E-state index contributed by atoms with van der Waals surface area (Å²) in [6, 6.07) is 17.5. The monoisotopic (exact) mass is 441 g/mol. The van der Waals surface area contributed by atoms with E-state index in [2.05, 4.69) is 5.32 Å². The van der Waals surface area contributed by atoms with E-state index >= 15 is 0 Å². The number of nitrogens with one attached hydrogen (secondary N) is 1. The predicted octanol–water partition coefficient (Wildman–Crippen LogP) is 5.37. The number of hydrogen-bond acceptors (Lipinski definition) is 4. The molecule has 1 fully saturated rings. The van der Waals surface area contributed by atoms with E-state index in [-0.39, 0.29) is 13.2 Å². The molecule has 1 aliphatic rings. The SMILES string of the molecule is CC1(C)OB(C(=Cc2ccc(CCl)cc2)CNC(=O)OCc2ccccc2)OC1(C)C. The van der Waals surface area contributed by atoms with Crippen molar-refractivity contribution in [3.05, 3.63) is 76.8 Å².